The molecule has 0 aromatic carbocycles. The lowest BCUT2D eigenvalue weighted by molar-refractivity contribution is -0.142. The monoisotopic (exact) mass is 385 g/mol. The van der Waals surface area contributed by atoms with Crippen LogP contribution in [0.2, 0.25) is 0 Å². The number of likely N-dealkylation sites (tertiary alicyclic amines) is 2. The van der Waals surface area contributed by atoms with Crippen molar-refractivity contribution < 1.29 is 19.5 Å². The lowest BCUT2D eigenvalue weighted by Crippen LogP contribution is -2.47. The zero-order valence-corrected chi connectivity index (χ0v) is 15.6. The molecule has 2 fully saturated rings. The molecule has 2 saturated heterocycles. The highest BCUT2D eigenvalue weighted by atomic mass is 16.3. The molecule has 2 aromatic rings. The number of carbonyl (C=O) groups excluding carboxylic acids is 3. The number of amides is 3. The number of pyridine rings is 1. The summed E-state index contributed by atoms with van der Waals surface area (Å²) in [6.45, 7) is 1.08. The first-order valence-electron chi connectivity index (χ1n) is 9.34. The third-order valence-electron chi connectivity index (χ3n) is 5.65. The summed E-state index contributed by atoms with van der Waals surface area (Å²) in [7, 11) is 1.69. The zero-order chi connectivity index (χ0) is 19.9. The van der Waals surface area contributed by atoms with E-state index in [9.17, 15) is 19.5 Å². The molecule has 9 heteroatoms. The molecule has 2 aliphatic rings. The first-order valence-corrected chi connectivity index (χ1v) is 9.34. The van der Waals surface area contributed by atoms with Gasteiger partial charge in [0.2, 0.25) is 11.8 Å². The largest absolute Gasteiger partial charge is 0.386 e. The minimum absolute atomic E-state index is 0.0301. The Morgan fingerprint density at radius 3 is 2.96 bits per heavy atom. The highest BCUT2D eigenvalue weighted by molar-refractivity contribution is 6.05. The molecule has 0 bridgehead atoms. The van der Waals surface area contributed by atoms with Crippen molar-refractivity contribution in [1.82, 2.24) is 25.1 Å². The Morgan fingerprint density at radius 2 is 2.21 bits per heavy atom. The molecule has 2 atom stereocenters. The average Bonchev–Trinajstić information content (AvgIpc) is 3.39. The molecule has 4 heterocycles. The van der Waals surface area contributed by atoms with Crippen molar-refractivity contribution in [3.63, 3.8) is 0 Å². The van der Waals surface area contributed by atoms with Crippen LogP contribution in [0.1, 0.15) is 23.2 Å². The molecule has 0 aliphatic carbocycles. The van der Waals surface area contributed by atoms with Crippen LogP contribution < -0.4 is 5.32 Å². The number of nitrogens with one attached hydrogen (secondary N) is 2. The molecule has 2 aliphatic heterocycles. The highest BCUT2D eigenvalue weighted by Gasteiger charge is 2.43. The average molecular weight is 385 g/mol. The van der Waals surface area contributed by atoms with Crippen LogP contribution in [-0.4, -0.2) is 81.4 Å². The summed E-state index contributed by atoms with van der Waals surface area (Å²) in [6.07, 6.45) is 4.12. The summed E-state index contributed by atoms with van der Waals surface area (Å²) >= 11 is 0. The number of nitrogens with zero attached hydrogens (tertiary/aromatic N) is 3. The van der Waals surface area contributed by atoms with Crippen LogP contribution in [0.25, 0.3) is 11.0 Å². The van der Waals surface area contributed by atoms with Gasteiger partial charge in [-0.3, -0.25) is 14.4 Å². The summed E-state index contributed by atoms with van der Waals surface area (Å²) in [5.41, 5.74) is -0.112. The summed E-state index contributed by atoms with van der Waals surface area (Å²) in [5.74, 6) is -1.36. The van der Waals surface area contributed by atoms with Gasteiger partial charge in [-0.25, -0.2) is 4.98 Å². The van der Waals surface area contributed by atoms with Crippen molar-refractivity contribution in [2.75, 3.05) is 33.2 Å². The Bertz CT molecular complexity index is 941. The van der Waals surface area contributed by atoms with Crippen molar-refractivity contribution in [2.45, 2.75) is 18.4 Å². The van der Waals surface area contributed by atoms with Gasteiger partial charge < -0.3 is 25.2 Å². The number of rotatable bonds is 4. The van der Waals surface area contributed by atoms with Crippen LogP contribution in [0.4, 0.5) is 0 Å². The van der Waals surface area contributed by atoms with Gasteiger partial charge in [-0.05, 0) is 25.0 Å². The van der Waals surface area contributed by atoms with E-state index in [-0.39, 0.29) is 30.8 Å². The van der Waals surface area contributed by atoms with Crippen LogP contribution in [0.15, 0.2) is 24.5 Å². The van der Waals surface area contributed by atoms with Crippen LogP contribution in [0.3, 0.4) is 0 Å². The quantitative estimate of drug-likeness (QED) is 0.627. The maximum atomic E-state index is 12.6. The lowest BCUT2D eigenvalue weighted by Gasteiger charge is -2.25. The molecule has 0 radical (unpaired) electrons. The van der Waals surface area contributed by atoms with Crippen molar-refractivity contribution in [1.29, 1.82) is 0 Å². The van der Waals surface area contributed by atoms with Crippen molar-refractivity contribution in [3.05, 3.63) is 30.1 Å². The van der Waals surface area contributed by atoms with Gasteiger partial charge in [-0.15, -0.1) is 0 Å². The van der Waals surface area contributed by atoms with Crippen LogP contribution in [-0.2, 0) is 9.59 Å². The van der Waals surface area contributed by atoms with Gasteiger partial charge in [0.25, 0.3) is 5.91 Å². The number of carbonyl (C=O) groups is 3. The lowest BCUT2D eigenvalue weighted by atomic mass is 10.0. The van der Waals surface area contributed by atoms with Gasteiger partial charge in [0, 0.05) is 44.5 Å². The fourth-order valence-corrected chi connectivity index (χ4v) is 3.96. The minimum Gasteiger partial charge on any atom is -0.386 e. The number of hydrogen-bond acceptors (Lipinski definition) is 5. The highest BCUT2D eigenvalue weighted by Crippen LogP contribution is 2.26. The second-order valence-corrected chi connectivity index (χ2v) is 7.62. The zero-order valence-electron chi connectivity index (χ0n) is 15.6. The molecular weight excluding hydrogens is 362 g/mol. The van der Waals surface area contributed by atoms with Gasteiger partial charge in [0.15, 0.2) is 0 Å². The first kappa shape index (κ1) is 18.4. The topological polar surface area (TPSA) is 119 Å². The number of hydrogen-bond donors (Lipinski definition) is 3. The molecule has 3 amide bonds. The Labute approximate surface area is 161 Å². The third kappa shape index (κ3) is 3.22. The molecule has 0 saturated carbocycles. The second-order valence-electron chi connectivity index (χ2n) is 7.62. The normalized spacial score (nSPS) is 24.9. The summed E-state index contributed by atoms with van der Waals surface area (Å²) in [4.78, 5) is 47.5. The molecule has 2 aromatic heterocycles. The van der Waals surface area contributed by atoms with Gasteiger partial charge in [0.1, 0.15) is 17.2 Å². The van der Waals surface area contributed by atoms with Crippen molar-refractivity contribution in [2.24, 2.45) is 5.92 Å². The Morgan fingerprint density at radius 1 is 1.39 bits per heavy atom. The van der Waals surface area contributed by atoms with E-state index in [4.69, 9.17) is 0 Å². The number of aromatic amines is 1. The van der Waals surface area contributed by atoms with E-state index in [2.05, 4.69) is 15.3 Å². The van der Waals surface area contributed by atoms with E-state index >= 15 is 0 Å². The number of β-amino-alcohol motifs (C(OH)–C–C–N with tert-alkyl or cyclic N) is 1. The van der Waals surface area contributed by atoms with Crippen LogP contribution in [0, 0.1) is 5.92 Å². The van der Waals surface area contributed by atoms with Crippen molar-refractivity contribution >= 4 is 28.8 Å². The standard InChI is InChI=1S/C19H23N5O4/c1-23-8-4-14(17(23)26)18(27)24-9-5-19(28,11-24)10-22-16(25)13-3-7-21-15-12(13)2-6-20-15/h2-3,6-7,14,28H,4-5,8-11H2,1H3,(H,20,21)(H,22,25). The molecule has 2 unspecified atom stereocenters. The number of fused-ring (bicyclic) bond motifs is 1. The first-order chi connectivity index (χ1) is 13.4. The maximum absolute atomic E-state index is 12.6. The number of H-pyrrole nitrogens is 1. The van der Waals surface area contributed by atoms with E-state index in [1.165, 1.54) is 4.90 Å². The SMILES string of the molecule is CN1CCC(C(=O)N2CCC(O)(CNC(=O)c3ccnc4[nH]ccc34)C2)C1=O. The van der Waals surface area contributed by atoms with E-state index in [1.54, 1.807) is 36.5 Å². The molecule has 3 N–H and O–H groups in total. The summed E-state index contributed by atoms with van der Waals surface area (Å²) < 4.78 is 0. The Balaban J connectivity index is 1.38. The Kier molecular flexibility index (Phi) is 4.54. The summed E-state index contributed by atoms with van der Waals surface area (Å²) in [6, 6.07) is 3.40. The Hall–Kier alpha value is -2.94. The van der Waals surface area contributed by atoms with Crippen molar-refractivity contribution in [3.8, 4) is 0 Å². The smallest absolute Gasteiger partial charge is 0.252 e. The van der Waals surface area contributed by atoms with Gasteiger partial charge in [0.05, 0.1) is 12.1 Å². The molecule has 9 nitrogen and oxygen atoms in total. The van der Waals surface area contributed by atoms with E-state index in [1.807, 2.05) is 0 Å². The number of aromatic nitrogens is 2. The molecule has 4 rings (SSSR count). The van der Waals surface area contributed by atoms with Gasteiger partial charge in [-0.1, -0.05) is 0 Å². The molecular formula is C19H23N5O4. The number of aliphatic hydroxyl groups is 1. The molecule has 148 valence electrons. The molecule has 28 heavy (non-hydrogen) atoms. The van der Waals surface area contributed by atoms with E-state index in [0.717, 1.165) is 0 Å². The second kappa shape index (κ2) is 6.90. The van der Waals surface area contributed by atoms with E-state index < -0.39 is 11.5 Å². The fourth-order valence-electron chi connectivity index (χ4n) is 3.96. The van der Waals surface area contributed by atoms with Gasteiger partial charge >= 0.3 is 0 Å². The molecule has 0 spiro atoms. The van der Waals surface area contributed by atoms with E-state index in [0.29, 0.717) is 42.5 Å². The maximum Gasteiger partial charge on any atom is 0.252 e. The fraction of sp³-hybridized carbons (Fsp3) is 0.474. The predicted molar refractivity (Wildman–Crippen MR) is 100 cm³/mol. The van der Waals surface area contributed by atoms with Crippen LogP contribution >= 0.6 is 0 Å². The summed E-state index contributed by atoms with van der Waals surface area (Å²) in [5, 5.41) is 14.3. The third-order valence-corrected chi connectivity index (χ3v) is 5.65. The predicted octanol–water partition coefficient (Wildman–Crippen LogP) is -0.266. The van der Waals surface area contributed by atoms with Crippen LogP contribution in [0.5, 0.6) is 0 Å². The minimum atomic E-state index is -1.21. The van der Waals surface area contributed by atoms with Gasteiger partial charge in [-0.2, -0.15) is 0 Å².